The molecule has 3 heteroatoms. The second kappa shape index (κ2) is 4.14. The Morgan fingerprint density at radius 3 is 2.50 bits per heavy atom. The maximum atomic E-state index is 9.54. The molecule has 0 fully saturated rings. The molecule has 0 unspecified atom stereocenters. The van der Waals surface area contributed by atoms with E-state index in [0.717, 1.165) is 5.56 Å². The second-order valence-electron chi connectivity index (χ2n) is 3.57. The van der Waals surface area contributed by atoms with E-state index in [1.165, 1.54) is 18.2 Å². The van der Waals surface area contributed by atoms with Gasteiger partial charge < -0.3 is 14.9 Å². The predicted molar refractivity (Wildman–Crippen MR) is 61.0 cm³/mol. The van der Waals surface area contributed by atoms with Crippen LogP contribution in [0.1, 0.15) is 5.56 Å². The van der Waals surface area contributed by atoms with E-state index in [4.69, 9.17) is 9.84 Å². The van der Waals surface area contributed by atoms with E-state index < -0.39 is 0 Å². The third kappa shape index (κ3) is 2.25. The fourth-order valence-electron chi connectivity index (χ4n) is 1.40. The molecule has 0 saturated heterocycles. The van der Waals surface area contributed by atoms with Crippen LogP contribution >= 0.6 is 0 Å². The molecule has 0 bridgehead atoms. The Balaban J connectivity index is 2.27. The van der Waals surface area contributed by atoms with Crippen molar-refractivity contribution in [1.82, 2.24) is 0 Å². The summed E-state index contributed by atoms with van der Waals surface area (Å²) >= 11 is 0. The molecule has 2 rings (SSSR count). The van der Waals surface area contributed by atoms with Gasteiger partial charge >= 0.3 is 0 Å². The van der Waals surface area contributed by atoms with Crippen molar-refractivity contribution in [1.29, 1.82) is 0 Å². The zero-order valence-electron chi connectivity index (χ0n) is 8.84. The zero-order valence-corrected chi connectivity index (χ0v) is 8.84. The van der Waals surface area contributed by atoms with Gasteiger partial charge in [-0.1, -0.05) is 12.1 Å². The quantitative estimate of drug-likeness (QED) is 0.810. The average molecular weight is 216 g/mol. The number of rotatable bonds is 2. The number of phenolic OH excluding ortho intramolecular Hbond substituents is 2. The van der Waals surface area contributed by atoms with Gasteiger partial charge in [-0.15, -0.1) is 0 Å². The third-order valence-electron chi connectivity index (χ3n) is 2.16. The summed E-state index contributed by atoms with van der Waals surface area (Å²) in [6.07, 6.45) is 0. The van der Waals surface area contributed by atoms with Crippen LogP contribution < -0.4 is 4.74 Å². The molecule has 0 aliphatic heterocycles. The van der Waals surface area contributed by atoms with Crippen molar-refractivity contribution < 1.29 is 14.9 Å². The summed E-state index contributed by atoms with van der Waals surface area (Å²) in [6, 6.07) is 11.7. The smallest absolute Gasteiger partial charge is 0.169 e. The summed E-state index contributed by atoms with van der Waals surface area (Å²) in [5.41, 5.74) is 1.08. The summed E-state index contributed by atoms with van der Waals surface area (Å²) < 4.78 is 5.48. The molecule has 0 radical (unpaired) electrons. The van der Waals surface area contributed by atoms with Crippen molar-refractivity contribution in [3.05, 3.63) is 48.0 Å². The van der Waals surface area contributed by atoms with E-state index in [-0.39, 0.29) is 11.5 Å². The Bertz CT molecular complexity index is 506. The Hall–Kier alpha value is -2.16. The molecular weight excluding hydrogens is 204 g/mol. The Morgan fingerprint density at radius 1 is 1.00 bits per heavy atom. The molecule has 3 nitrogen and oxygen atoms in total. The normalized spacial score (nSPS) is 10.1. The van der Waals surface area contributed by atoms with Crippen LogP contribution in [0.5, 0.6) is 23.0 Å². The highest BCUT2D eigenvalue weighted by Gasteiger charge is 2.04. The molecule has 2 aromatic carbocycles. The van der Waals surface area contributed by atoms with Crippen LogP contribution in [-0.4, -0.2) is 10.2 Å². The highest BCUT2D eigenvalue weighted by Crippen LogP contribution is 2.33. The summed E-state index contributed by atoms with van der Waals surface area (Å²) in [5.74, 6) is 0.903. The second-order valence-corrected chi connectivity index (χ2v) is 3.57. The van der Waals surface area contributed by atoms with Crippen LogP contribution in [0.4, 0.5) is 0 Å². The number of hydrogen-bond donors (Lipinski definition) is 2. The Labute approximate surface area is 93.6 Å². The summed E-state index contributed by atoms with van der Waals surface area (Å²) in [6.45, 7) is 1.96. The van der Waals surface area contributed by atoms with Gasteiger partial charge in [0, 0.05) is 6.07 Å². The lowest BCUT2D eigenvalue weighted by Gasteiger charge is -2.08. The van der Waals surface area contributed by atoms with Crippen molar-refractivity contribution in [2.24, 2.45) is 0 Å². The van der Waals surface area contributed by atoms with E-state index in [2.05, 4.69) is 0 Å². The molecule has 0 aromatic heterocycles. The van der Waals surface area contributed by atoms with Gasteiger partial charge in [-0.05, 0) is 36.8 Å². The zero-order chi connectivity index (χ0) is 11.5. The van der Waals surface area contributed by atoms with Crippen molar-refractivity contribution in [3.63, 3.8) is 0 Å². The maximum Gasteiger partial charge on any atom is 0.169 e. The fraction of sp³-hybridized carbons (Fsp3) is 0.0769. The topological polar surface area (TPSA) is 49.7 Å². The van der Waals surface area contributed by atoms with E-state index in [0.29, 0.717) is 11.5 Å². The molecule has 0 aliphatic carbocycles. The van der Waals surface area contributed by atoms with Crippen molar-refractivity contribution in [2.45, 2.75) is 6.92 Å². The van der Waals surface area contributed by atoms with Gasteiger partial charge in [0.2, 0.25) is 0 Å². The van der Waals surface area contributed by atoms with E-state index in [9.17, 15) is 5.11 Å². The van der Waals surface area contributed by atoms with E-state index >= 15 is 0 Å². The number of benzene rings is 2. The fourth-order valence-corrected chi connectivity index (χ4v) is 1.40. The van der Waals surface area contributed by atoms with Crippen LogP contribution in [-0.2, 0) is 0 Å². The molecular formula is C13H12O3. The number of phenols is 2. The van der Waals surface area contributed by atoms with Crippen molar-refractivity contribution in [2.75, 3.05) is 0 Å². The lowest BCUT2D eigenvalue weighted by molar-refractivity contribution is 0.403. The molecule has 2 aromatic rings. The third-order valence-corrected chi connectivity index (χ3v) is 2.16. The minimum absolute atomic E-state index is 0.00842. The van der Waals surface area contributed by atoms with Crippen LogP contribution in [0.2, 0.25) is 0 Å². The molecule has 0 amide bonds. The van der Waals surface area contributed by atoms with Crippen LogP contribution in [0, 0.1) is 6.92 Å². The van der Waals surface area contributed by atoms with Crippen molar-refractivity contribution >= 4 is 0 Å². The first-order valence-corrected chi connectivity index (χ1v) is 4.91. The van der Waals surface area contributed by atoms with Gasteiger partial charge in [0.25, 0.3) is 0 Å². The van der Waals surface area contributed by atoms with E-state index in [1.54, 1.807) is 6.07 Å². The van der Waals surface area contributed by atoms with Crippen molar-refractivity contribution in [3.8, 4) is 23.0 Å². The minimum Gasteiger partial charge on any atom is -0.508 e. The molecule has 0 aliphatic rings. The molecule has 0 spiro atoms. The van der Waals surface area contributed by atoms with Crippen LogP contribution in [0.15, 0.2) is 42.5 Å². The summed E-state index contributed by atoms with van der Waals surface area (Å²) in [5, 5.41) is 18.7. The minimum atomic E-state index is -0.0819. The van der Waals surface area contributed by atoms with Gasteiger partial charge in [-0.2, -0.15) is 0 Å². The Kier molecular flexibility index (Phi) is 2.68. The van der Waals surface area contributed by atoms with Crippen LogP contribution in [0.25, 0.3) is 0 Å². The standard InChI is InChI=1S/C13H12O3/c1-9-3-2-4-11(7-9)16-13-6-5-10(14)8-12(13)15/h2-8,14-15H,1H3. The first-order chi connectivity index (χ1) is 7.65. The Morgan fingerprint density at radius 2 is 1.81 bits per heavy atom. The number of aromatic hydroxyl groups is 2. The number of hydrogen-bond acceptors (Lipinski definition) is 3. The monoisotopic (exact) mass is 216 g/mol. The van der Waals surface area contributed by atoms with Gasteiger partial charge in [0.15, 0.2) is 11.5 Å². The average Bonchev–Trinajstić information content (AvgIpc) is 2.22. The maximum absolute atomic E-state index is 9.54. The molecule has 0 saturated carbocycles. The highest BCUT2D eigenvalue weighted by molar-refractivity contribution is 5.46. The van der Waals surface area contributed by atoms with Gasteiger partial charge in [0.05, 0.1) is 0 Å². The molecule has 82 valence electrons. The first-order valence-electron chi connectivity index (χ1n) is 4.91. The van der Waals surface area contributed by atoms with Gasteiger partial charge in [0.1, 0.15) is 11.5 Å². The molecule has 0 atom stereocenters. The highest BCUT2D eigenvalue weighted by atomic mass is 16.5. The largest absolute Gasteiger partial charge is 0.508 e. The van der Waals surface area contributed by atoms with Gasteiger partial charge in [-0.25, -0.2) is 0 Å². The van der Waals surface area contributed by atoms with Crippen LogP contribution in [0.3, 0.4) is 0 Å². The predicted octanol–water partition coefficient (Wildman–Crippen LogP) is 3.20. The lowest BCUT2D eigenvalue weighted by atomic mass is 10.2. The summed E-state index contributed by atoms with van der Waals surface area (Å²) in [4.78, 5) is 0. The SMILES string of the molecule is Cc1cccc(Oc2ccc(O)cc2O)c1. The molecule has 2 N–H and O–H groups in total. The molecule has 0 heterocycles. The molecule has 16 heavy (non-hydrogen) atoms. The number of ether oxygens (including phenoxy) is 1. The first kappa shape index (κ1) is 10.4. The van der Waals surface area contributed by atoms with E-state index in [1.807, 2.05) is 25.1 Å². The summed E-state index contributed by atoms with van der Waals surface area (Å²) in [7, 11) is 0. The number of aryl methyl sites for hydroxylation is 1. The van der Waals surface area contributed by atoms with Gasteiger partial charge in [-0.3, -0.25) is 0 Å². The lowest BCUT2D eigenvalue weighted by Crippen LogP contribution is -1.85.